The Kier molecular flexibility index (Phi) is 4.73. The van der Waals surface area contributed by atoms with E-state index in [-0.39, 0.29) is 16.7 Å². The molecule has 1 aromatic rings. The minimum atomic E-state index is -0.844. The number of rotatable bonds is 5. The summed E-state index contributed by atoms with van der Waals surface area (Å²) in [7, 11) is 2.97. The van der Waals surface area contributed by atoms with Gasteiger partial charge in [0.1, 0.15) is 0 Å². The molecule has 6 heteroatoms. The lowest BCUT2D eigenvalue weighted by molar-refractivity contribution is -0.141. The molecule has 1 saturated carbocycles. The zero-order valence-electron chi connectivity index (χ0n) is 11.9. The second-order valence-electron chi connectivity index (χ2n) is 5.10. The summed E-state index contributed by atoms with van der Waals surface area (Å²) in [5.41, 5.74) is 0.352. The molecule has 1 fully saturated rings. The summed E-state index contributed by atoms with van der Waals surface area (Å²) in [5.74, 6) is -0.847. The first-order valence-electron chi connectivity index (χ1n) is 6.66. The van der Waals surface area contributed by atoms with E-state index in [1.807, 2.05) is 0 Å². The smallest absolute Gasteiger partial charge is 0.306 e. The summed E-state index contributed by atoms with van der Waals surface area (Å²) in [5, 5.41) is 9.30. The molecule has 0 spiro atoms. The van der Waals surface area contributed by atoms with Crippen LogP contribution in [-0.2, 0) is 4.79 Å². The second-order valence-corrected chi connectivity index (χ2v) is 5.50. The molecule has 1 N–H and O–H groups in total. The molecular weight excluding hydrogens is 296 g/mol. The maximum absolute atomic E-state index is 12.5. The molecule has 0 bridgehead atoms. The normalized spacial score (nSPS) is 21.1. The fourth-order valence-corrected chi connectivity index (χ4v) is 2.95. The van der Waals surface area contributed by atoms with Crippen LogP contribution in [0.3, 0.4) is 0 Å². The topological polar surface area (TPSA) is 72.8 Å². The van der Waals surface area contributed by atoms with Crippen molar-refractivity contribution in [2.45, 2.75) is 19.3 Å². The molecule has 0 aromatic heterocycles. The molecule has 2 rings (SSSR count). The number of carboxylic acid groups (broad SMARTS) is 1. The first-order valence-corrected chi connectivity index (χ1v) is 7.04. The number of Topliss-reactive ketones (excluding diaryl/α,β-unsaturated/α-hetero) is 1. The Morgan fingerprint density at radius 1 is 1.14 bits per heavy atom. The highest BCUT2D eigenvalue weighted by Crippen LogP contribution is 2.38. The van der Waals surface area contributed by atoms with Crippen LogP contribution in [0.15, 0.2) is 12.1 Å². The van der Waals surface area contributed by atoms with Gasteiger partial charge in [-0.25, -0.2) is 0 Å². The van der Waals surface area contributed by atoms with Crippen molar-refractivity contribution in [2.75, 3.05) is 14.2 Å². The van der Waals surface area contributed by atoms with Gasteiger partial charge in [0.2, 0.25) is 0 Å². The number of ketones is 1. The van der Waals surface area contributed by atoms with Crippen LogP contribution in [-0.4, -0.2) is 31.1 Å². The third-order valence-corrected chi connectivity index (χ3v) is 4.20. The highest BCUT2D eigenvalue weighted by Gasteiger charge is 2.35. The number of carbonyl (C=O) groups is 2. The minimum absolute atomic E-state index is 0.135. The molecular formula is C15H17ClO5. The largest absolute Gasteiger partial charge is 0.493 e. The van der Waals surface area contributed by atoms with Crippen LogP contribution in [0, 0.1) is 11.8 Å². The molecule has 2 unspecified atom stereocenters. The minimum Gasteiger partial charge on any atom is -0.493 e. The van der Waals surface area contributed by atoms with Gasteiger partial charge < -0.3 is 14.6 Å². The molecule has 0 aliphatic heterocycles. The van der Waals surface area contributed by atoms with E-state index in [0.717, 1.165) is 0 Å². The molecule has 114 valence electrons. The van der Waals surface area contributed by atoms with Crippen LogP contribution in [0.5, 0.6) is 11.5 Å². The summed E-state index contributed by atoms with van der Waals surface area (Å²) in [6, 6.07) is 3.09. The van der Waals surface area contributed by atoms with E-state index in [1.165, 1.54) is 20.3 Å². The Hall–Kier alpha value is -1.75. The van der Waals surface area contributed by atoms with Crippen LogP contribution < -0.4 is 9.47 Å². The van der Waals surface area contributed by atoms with Gasteiger partial charge in [-0.1, -0.05) is 11.6 Å². The first-order chi connectivity index (χ1) is 9.97. The Labute approximate surface area is 127 Å². The highest BCUT2D eigenvalue weighted by molar-refractivity contribution is 6.34. The number of halogens is 1. The van der Waals surface area contributed by atoms with Gasteiger partial charge in [0.15, 0.2) is 17.3 Å². The molecule has 5 nitrogen and oxygen atoms in total. The van der Waals surface area contributed by atoms with Crippen molar-refractivity contribution in [3.8, 4) is 11.5 Å². The van der Waals surface area contributed by atoms with Crippen molar-refractivity contribution in [1.29, 1.82) is 0 Å². The highest BCUT2D eigenvalue weighted by atomic mass is 35.5. The SMILES string of the molecule is COc1cc(Cl)c(C(=O)C2CCC(C(=O)O)C2)cc1OC. The van der Waals surface area contributed by atoms with Gasteiger partial charge >= 0.3 is 5.97 Å². The molecule has 21 heavy (non-hydrogen) atoms. The third kappa shape index (κ3) is 3.13. The van der Waals surface area contributed by atoms with Crippen LogP contribution in [0.1, 0.15) is 29.6 Å². The number of benzene rings is 1. The summed E-state index contributed by atoms with van der Waals surface area (Å²) in [4.78, 5) is 23.5. The second kappa shape index (κ2) is 6.35. The monoisotopic (exact) mass is 312 g/mol. The Bertz CT molecular complexity index is 569. The van der Waals surface area contributed by atoms with Crippen molar-refractivity contribution in [2.24, 2.45) is 11.8 Å². The molecule has 2 atom stereocenters. The number of methoxy groups -OCH3 is 2. The quantitative estimate of drug-likeness (QED) is 0.846. The number of carboxylic acids is 1. The van der Waals surface area contributed by atoms with Crippen LogP contribution >= 0.6 is 11.6 Å². The molecule has 0 saturated heterocycles. The average molecular weight is 313 g/mol. The van der Waals surface area contributed by atoms with E-state index in [4.69, 9.17) is 26.2 Å². The summed E-state index contributed by atoms with van der Waals surface area (Å²) in [6.45, 7) is 0. The molecule has 0 amide bonds. The van der Waals surface area contributed by atoms with Crippen molar-refractivity contribution in [3.63, 3.8) is 0 Å². The number of carbonyl (C=O) groups excluding carboxylic acids is 1. The molecule has 1 aromatic carbocycles. The Morgan fingerprint density at radius 2 is 1.71 bits per heavy atom. The molecule has 0 heterocycles. The van der Waals surface area contributed by atoms with Gasteiger partial charge in [-0.05, 0) is 25.3 Å². The Morgan fingerprint density at radius 3 is 2.24 bits per heavy atom. The lowest BCUT2D eigenvalue weighted by Gasteiger charge is -2.14. The first kappa shape index (κ1) is 15.6. The van der Waals surface area contributed by atoms with Crippen molar-refractivity contribution >= 4 is 23.4 Å². The number of hydrogen-bond acceptors (Lipinski definition) is 4. The van der Waals surface area contributed by atoms with E-state index < -0.39 is 11.9 Å². The van der Waals surface area contributed by atoms with Crippen LogP contribution in [0.2, 0.25) is 5.02 Å². The maximum atomic E-state index is 12.5. The number of aliphatic carboxylic acids is 1. The number of ether oxygens (including phenoxy) is 2. The summed E-state index contributed by atoms with van der Waals surface area (Å²) < 4.78 is 10.3. The molecule has 1 aliphatic rings. The van der Waals surface area contributed by atoms with Gasteiger partial charge in [-0.15, -0.1) is 0 Å². The van der Waals surface area contributed by atoms with E-state index >= 15 is 0 Å². The van der Waals surface area contributed by atoms with E-state index in [1.54, 1.807) is 6.07 Å². The number of hydrogen-bond donors (Lipinski definition) is 1. The standard InChI is InChI=1S/C15H17ClO5/c1-20-12-6-10(11(16)7-13(12)21-2)14(17)8-3-4-9(5-8)15(18)19/h6-9H,3-5H2,1-2H3,(H,18,19). The van der Waals surface area contributed by atoms with E-state index in [9.17, 15) is 9.59 Å². The maximum Gasteiger partial charge on any atom is 0.306 e. The van der Waals surface area contributed by atoms with E-state index in [2.05, 4.69) is 0 Å². The average Bonchev–Trinajstić information content (AvgIpc) is 2.96. The van der Waals surface area contributed by atoms with Gasteiger partial charge in [0.25, 0.3) is 0 Å². The van der Waals surface area contributed by atoms with Crippen molar-refractivity contribution < 1.29 is 24.2 Å². The van der Waals surface area contributed by atoms with Gasteiger partial charge in [0.05, 0.1) is 25.2 Å². The van der Waals surface area contributed by atoms with Crippen molar-refractivity contribution in [3.05, 3.63) is 22.7 Å². The van der Waals surface area contributed by atoms with Crippen LogP contribution in [0.25, 0.3) is 0 Å². The zero-order valence-corrected chi connectivity index (χ0v) is 12.6. The van der Waals surface area contributed by atoms with Crippen LogP contribution in [0.4, 0.5) is 0 Å². The lowest BCUT2D eigenvalue weighted by atomic mass is 9.94. The summed E-state index contributed by atoms with van der Waals surface area (Å²) >= 11 is 6.14. The van der Waals surface area contributed by atoms with Crippen molar-refractivity contribution in [1.82, 2.24) is 0 Å². The predicted octanol–water partition coefficient (Wildman–Crippen LogP) is 3.04. The fourth-order valence-electron chi connectivity index (χ4n) is 2.71. The lowest BCUT2D eigenvalue weighted by Crippen LogP contribution is -2.15. The molecule has 1 aliphatic carbocycles. The Balaban J connectivity index is 2.26. The van der Waals surface area contributed by atoms with Gasteiger partial charge in [-0.2, -0.15) is 0 Å². The fraction of sp³-hybridized carbons (Fsp3) is 0.467. The van der Waals surface area contributed by atoms with E-state index in [0.29, 0.717) is 36.3 Å². The predicted molar refractivity (Wildman–Crippen MR) is 77.4 cm³/mol. The third-order valence-electron chi connectivity index (χ3n) is 3.89. The summed E-state index contributed by atoms with van der Waals surface area (Å²) in [6.07, 6.45) is 1.45. The molecule has 0 radical (unpaired) electrons. The van der Waals surface area contributed by atoms with Gasteiger partial charge in [-0.3, -0.25) is 9.59 Å². The van der Waals surface area contributed by atoms with Gasteiger partial charge in [0, 0.05) is 17.5 Å². The zero-order chi connectivity index (χ0) is 15.6.